The molecule has 3 aromatic rings. The maximum absolute atomic E-state index is 12.6. The number of aryl methyl sites for hydroxylation is 2. The zero-order valence-corrected chi connectivity index (χ0v) is 14.0. The third-order valence-electron chi connectivity index (χ3n) is 4.59. The molecule has 2 heterocycles. The highest BCUT2D eigenvalue weighted by Gasteiger charge is 2.29. The van der Waals surface area contributed by atoms with E-state index in [0.717, 1.165) is 44.8 Å². The Labute approximate surface area is 140 Å². The number of carbonyl (C=O) groups excluding carboxylic acids is 1. The van der Waals surface area contributed by atoms with Crippen molar-refractivity contribution in [1.29, 1.82) is 0 Å². The van der Waals surface area contributed by atoms with Gasteiger partial charge in [0, 0.05) is 19.2 Å². The lowest BCUT2D eigenvalue weighted by Crippen LogP contribution is -2.17. The van der Waals surface area contributed by atoms with E-state index < -0.39 is 0 Å². The molecule has 1 aliphatic rings. The van der Waals surface area contributed by atoms with Crippen molar-refractivity contribution in [3.8, 4) is 22.3 Å². The fraction of sp³-hybridized carbons (Fsp3) is 0.200. The molecule has 120 valence electrons. The summed E-state index contributed by atoms with van der Waals surface area (Å²) in [6.45, 7) is 4.49. The fourth-order valence-electron chi connectivity index (χ4n) is 3.48. The summed E-state index contributed by atoms with van der Waals surface area (Å²) in [5, 5.41) is 4.07. The van der Waals surface area contributed by atoms with E-state index in [2.05, 4.69) is 17.3 Å². The van der Waals surface area contributed by atoms with Crippen LogP contribution in [0.5, 0.6) is 0 Å². The number of nitrogens with zero attached hydrogens (tertiary/aromatic N) is 2. The first-order valence-corrected chi connectivity index (χ1v) is 7.97. The van der Waals surface area contributed by atoms with Crippen LogP contribution in [0.15, 0.2) is 47.0 Å². The number of amides is 1. The van der Waals surface area contributed by atoms with Crippen LogP contribution in [0.3, 0.4) is 0 Å². The van der Waals surface area contributed by atoms with Gasteiger partial charge in [0.25, 0.3) is 5.91 Å². The van der Waals surface area contributed by atoms with E-state index in [1.54, 1.807) is 4.90 Å². The predicted octanol–water partition coefficient (Wildman–Crippen LogP) is 4.21. The Hall–Kier alpha value is -2.88. The molecule has 1 aliphatic heterocycles. The molecule has 4 rings (SSSR count). The second kappa shape index (κ2) is 5.34. The summed E-state index contributed by atoms with van der Waals surface area (Å²) in [5.74, 6) is 0.873. The van der Waals surface area contributed by atoms with E-state index >= 15 is 0 Å². The Bertz CT molecular complexity index is 922. The van der Waals surface area contributed by atoms with Gasteiger partial charge in [-0.1, -0.05) is 35.5 Å². The Kier molecular flexibility index (Phi) is 3.27. The lowest BCUT2D eigenvalue weighted by molar-refractivity contribution is 0.0817. The maximum Gasteiger partial charge on any atom is 0.254 e. The molecule has 0 N–H and O–H groups in total. The summed E-state index contributed by atoms with van der Waals surface area (Å²) in [4.78, 5) is 14.4. The molecular weight excluding hydrogens is 300 g/mol. The van der Waals surface area contributed by atoms with Crippen molar-refractivity contribution >= 4 is 5.91 Å². The van der Waals surface area contributed by atoms with Crippen molar-refractivity contribution in [2.75, 3.05) is 7.05 Å². The van der Waals surface area contributed by atoms with Crippen LogP contribution in [0.4, 0.5) is 0 Å². The molecule has 24 heavy (non-hydrogen) atoms. The monoisotopic (exact) mass is 318 g/mol. The molecule has 2 aromatic carbocycles. The van der Waals surface area contributed by atoms with E-state index in [9.17, 15) is 4.79 Å². The lowest BCUT2D eigenvalue weighted by atomic mass is 9.91. The van der Waals surface area contributed by atoms with Crippen LogP contribution in [0, 0.1) is 13.8 Å². The summed E-state index contributed by atoms with van der Waals surface area (Å²) < 4.78 is 5.33. The zero-order chi connectivity index (χ0) is 16.8. The van der Waals surface area contributed by atoms with Crippen molar-refractivity contribution in [3.05, 3.63) is 65.0 Å². The molecule has 0 unspecified atom stereocenters. The maximum atomic E-state index is 12.6. The largest absolute Gasteiger partial charge is 0.361 e. The summed E-state index contributed by atoms with van der Waals surface area (Å²) in [6, 6.07) is 14.2. The normalized spacial score (nSPS) is 13.5. The molecule has 0 saturated carbocycles. The molecule has 1 aromatic heterocycles. The minimum atomic E-state index is 0.0779. The van der Waals surface area contributed by atoms with E-state index in [1.807, 2.05) is 51.2 Å². The van der Waals surface area contributed by atoms with Crippen LogP contribution < -0.4 is 0 Å². The van der Waals surface area contributed by atoms with E-state index in [-0.39, 0.29) is 5.91 Å². The van der Waals surface area contributed by atoms with Gasteiger partial charge >= 0.3 is 0 Å². The fourth-order valence-corrected chi connectivity index (χ4v) is 3.48. The third kappa shape index (κ3) is 2.14. The smallest absolute Gasteiger partial charge is 0.254 e. The van der Waals surface area contributed by atoms with Gasteiger partial charge in [-0.15, -0.1) is 0 Å². The number of hydrogen-bond acceptors (Lipinski definition) is 3. The van der Waals surface area contributed by atoms with Crippen molar-refractivity contribution in [3.63, 3.8) is 0 Å². The molecule has 0 spiro atoms. The second-order valence-electron chi connectivity index (χ2n) is 6.28. The molecule has 0 aliphatic carbocycles. The average Bonchev–Trinajstić information content (AvgIpc) is 3.07. The van der Waals surface area contributed by atoms with Crippen molar-refractivity contribution in [2.45, 2.75) is 20.4 Å². The molecule has 0 bridgehead atoms. The van der Waals surface area contributed by atoms with Crippen LogP contribution in [0.1, 0.15) is 27.4 Å². The molecule has 4 heteroatoms. The van der Waals surface area contributed by atoms with E-state index in [0.29, 0.717) is 6.54 Å². The van der Waals surface area contributed by atoms with Gasteiger partial charge in [-0.3, -0.25) is 4.79 Å². The number of hydrogen-bond donors (Lipinski definition) is 0. The number of fused-ring (bicyclic) bond motifs is 1. The first-order valence-electron chi connectivity index (χ1n) is 7.97. The molecule has 1 amide bonds. The quantitative estimate of drug-likeness (QED) is 0.711. The van der Waals surface area contributed by atoms with Gasteiger partial charge in [0.1, 0.15) is 5.76 Å². The highest BCUT2D eigenvalue weighted by molar-refractivity contribution is 6.05. The highest BCUT2D eigenvalue weighted by Crippen LogP contribution is 2.38. The Balaban J connectivity index is 2.01. The Morgan fingerprint density at radius 2 is 1.79 bits per heavy atom. The third-order valence-corrected chi connectivity index (χ3v) is 4.59. The van der Waals surface area contributed by atoms with E-state index in [1.165, 1.54) is 0 Å². The van der Waals surface area contributed by atoms with Crippen molar-refractivity contribution in [2.24, 2.45) is 0 Å². The number of rotatable bonds is 2. The molecule has 0 radical (unpaired) electrons. The number of aromatic nitrogens is 1. The van der Waals surface area contributed by atoms with E-state index in [4.69, 9.17) is 4.52 Å². The SMILES string of the molecule is Cc1noc(C)c1-c1cc2c(c(-c3ccccc3)c1)C(=O)N(C)C2. The standard InChI is InChI=1S/C20H18N2O2/c1-12-18(13(2)24-21-12)15-9-16-11-22(3)20(23)19(16)17(10-15)14-7-5-4-6-8-14/h4-10H,11H2,1-3H3. The highest BCUT2D eigenvalue weighted by atomic mass is 16.5. The van der Waals surface area contributed by atoms with Crippen molar-refractivity contribution < 1.29 is 9.32 Å². The second-order valence-corrected chi connectivity index (χ2v) is 6.28. The van der Waals surface area contributed by atoms with Crippen LogP contribution >= 0.6 is 0 Å². The summed E-state index contributed by atoms with van der Waals surface area (Å²) in [5.41, 5.74) is 6.80. The molecular formula is C20H18N2O2. The van der Waals surface area contributed by atoms with Crippen LogP contribution in [-0.4, -0.2) is 23.0 Å². The van der Waals surface area contributed by atoms with Crippen LogP contribution in [0.25, 0.3) is 22.3 Å². The molecule has 0 fully saturated rings. The number of carbonyl (C=O) groups is 1. The summed E-state index contributed by atoms with van der Waals surface area (Å²) >= 11 is 0. The average molecular weight is 318 g/mol. The zero-order valence-electron chi connectivity index (χ0n) is 14.0. The topological polar surface area (TPSA) is 46.3 Å². The first-order chi connectivity index (χ1) is 11.6. The lowest BCUT2D eigenvalue weighted by Gasteiger charge is -2.11. The minimum Gasteiger partial charge on any atom is -0.361 e. The molecule has 4 nitrogen and oxygen atoms in total. The van der Waals surface area contributed by atoms with Crippen LogP contribution in [0.2, 0.25) is 0 Å². The summed E-state index contributed by atoms with van der Waals surface area (Å²) in [6.07, 6.45) is 0. The summed E-state index contributed by atoms with van der Waals surface area (Å²) in [7, 11) is 1.84. The Morgan fingerprint density at radius 3 is 2.46 bits per heavy atom. The van der Waals surface area contributed by atoms with Gasteiger partial charge in [0.15, 0.2) is 0 Å². The Morgan fingerprint density at radius 1 is 1.04 bits per heavy atom. The minimum absolute atomic E-state index is 0.0779. The first kappa shape index (κ1) is 14.7. The van der Waals surface area contributed by atoms with Gasteiger partial charge in [-0.25, -0.2) is 0 Å². The predicted molar refractivity (Wildman–Crippen MR) is 92.6 cm³/mol. The van der Waals surface area contributed by atoms with Crippen molar-refractivity contribution in [1.82, 2.24) is 10.1 Å². The van der Waals surface area contributed by atoms with Gasteiger partial charge in [-0.2, -0.15) is 0 Å². The van der Waals surface area contributed by atoms with Crippen LogP contribution in [-0.2, 0) is 6.54 Å². The molecule has 0 saturated heterocycles. The van der Waals surface area contributed by atoms with Gasteiger partial charge in [0.05, 0.1) is 11.3 Å². The van der Waals surface area contributed by atoms with Gasteiger partial charge in [-0.05, 0) is 48.2 Å². The number of benzene rings is 2. The molecule has 0 atom stereocenters. The van der Waals surface area contributed by atoms with Gasteiger partial charge in [0.2, 0.25) is 0 Å². The van der Waals surface area contributed by atoms with Gasteiger partial charge < -0.3 is 9.42 Å².